The number of piperidine rings is 1. The third kappa shape index (κ3) is 3.38. The second-order valence-corrected chi connectivity index (χ2v) is 6.66. The average Bonchev–Trinajstić information content (AvgIpc) is 2.48. The Bertz CT molecular complexity index is 525. The maximum absolute atomic E-state index is 12.0. The van der Waals surface area contributed by atoms with Crippen LogP contribution in [0.3, 0.4) is 0 Å². The Morgan fingerprint density at radius 3 is 2.81 bits per heavy atom. The third-order valence-electron chi connectivity index (χ3n) is 4.98. The molecule has 1 fully saturated rings. The lowest BCUT2D eigenvalue weighted by atomic mass is 9.83. The molecule has 0 aromatic carbocycles. The van der Waals surface area contributed by atoms with E-state index in [2.05, 4.69) is 11.0 Å². The van der Waals surface area contributed by atoms with Gasteiger partial charge in [0.15, 0.2) is 0 Å². The molecule has 2 aliphatic rings. The first-order valence-electron chi connectivity index (χ1n) is 8.40. The normalized spacial score (nSPS) is 24.8. The Balaban J connectivity index is 1.59. The largest absolute Gasteiger partial charge is 0.330 e. The van der Waals surface area contributed by atoms with Crippen LogP contribution in [-0.2, 0) is 6.54 Å². The van der Waals surface area contributed by atoms with Gasteiger partial charge in [0.2, 0.25) is 0 Å². The van der Waals surface area contributed by atoms with Crippen LogP contribution in [0.2, 0.25) is 0 Å². The van der Waals surface area contributed by atoms with E-state index in [1.54, 1.807) is 6.07 Å². The van der Waals surface area contributed by atoms with Crippen LogP contribution in [-0.4, -0.2) is 35.6 Å². The number of hydrogen-bond donors (Lipinski definition) is 1. The summed E-state index contributed by atoms with van der Waals surface area (Å²) < 4.78 is 2.01. The van der Waals surface area contributed by atoms with Gasteiger partial charge >= 0.3 is 0 Å². The fourth-order valence-corrected chi connectivity index (χ4v) is 4.01. The lowest BCUT2D eigenvalue weighted by molar-refractivity contribution is 0.118. The van der Waals surface area contributed by atoms with Crippen molar-refractivity contribution in [3.8, 4) is 0 Å². The summed E-state index contributed by atoms with van der Waals surface area (Å²) in [6.07, 6.45) is 6.24. The van der Waals surface area contributed by atoms with Crippen molar-refractivity contribution in [1.29, 1.82) is 0 Å². The molecular weight excluding hydrogens is 262 g/mol. The molecule has 0 saturated carbocycles. The van der Waals surface area contributed by atoms with E-state index < -0.39 is 0 Å². The molecule has 116 valence electrons. The number of aromatic nitrogens is 1. The highest BCUT2D eigenvalue weighted by Gasteiger charge is 2.33. The summed E-state index contributed by atoms with van der Waals surface area (Å²) >= 11 is 0. The third-order valence-corrected chi connectivity index (χ3v) is 4.98. The van der Waals surface area contributed by atoms with E-state index in [0.29, 0.717) is 11.8 Å². The van der Waals surface area contributed by atoms with Crippen LogP contribution < -0.4 is 11.3 Å². The highest BCUT2D eigenvalue weighted by atomic mass is 16.1. The zero-order chi connectivity index (χ0) is 14.7. The highest BCUT2D eigenvalue weighted by molar-refractivity contribution is 5.16. The molecule has 1 saturated heterocycles. The van der Waals surface area contributed by atoms with E-state index in [-0.39, 0.29) is 5.56 Å². The number of nitrogens with zero attached hydrogens (tertiary/aromatic N) is 2. The lowest BCUT2D eigenvalue weighted by Gasteiger charge is -2.42. The molecule has 1 aromatic heterocycles. The van der Waals surface area contributed by atoms with E-state index in [1.165, 1.54) is 37.9 Å². The predicted molar refractivity (Wildman–Crippen MR) is 85.5 cm³/mol. The Hall–Kier alpha value is -1.13. The average molecular weight is 289 g/mol. The Labute approximate surface area is 126 Å². The smallest absolute Gasteiger partial charge is 0.250 e. The van der Waals surface area contributed by atoms with Crippen molar-refractivity contribution in [2.24, 2.45) is 11.7 Å². The van der Waals surface area contributed by atoms with Gasteiger partial charge in [0.25, 0.3) is 5.56 Å². The van der Waals surface area contributed by atoms with Crippen LogP contribution in [0, 0.1) is 5.92 Å². The standard InChI is InChI=1S/C17H27N3O/c18-8-3-1-2-4-9-19-11-14-10-15(13-19)16-6-5-7-17(21)20(16)12-14/h5-7,14-15H,1-4,8-13,18H2. The first kappa shape index (κ1) is 14.8. The van der Waals surface area contributed by atoms with Crippen molar-refractivity contribution in [3.63, 3.8) is 0 Å². The van der Waals surface area contributed by atoms with Crippen LogP contribution in [0.1, 0.15) is 43.7 Å². The first-order chi connectivity index (χ1) is 10.3. The molecule has 3 heterocycles. The maximum atomic E-state index is 12.0. The fraction of sp³-hybridized carbons (Fsp3) is 0.706. The summed E-state index contributed by atoms with van der Waals surface area (Å²) in [5.74, 6) is 1.20. The molecule has 4 heteroatoms. The minimum absolute atomic E-state index is 0.178. The highest BCUT2D eigenvalue weighted by Crippen LogP contribution is 2.34. The number of fused-ring (bicyclic) bond motifs is 4. The Morgan fingerprint density at radius 1 is 1.10 bits per heavy atom. The number of likely N-dealkylation sites (tertiary alicyclic amines) is 1. The number of pyridine rings is 1. The number of rotatable bonds is 6. The summed E-state index contributed by atoms with van der Waals surface area (Å²) in [5.41, 5.74) is 6.97. The number of unbranched alkanes of at least 4 members (excludes halogenated alkanes) is 3. The van der Waals surface area contributed by atoms with Crippen LogP contribution in [0.25, 0.3) is 0 Å². The molecule has 2 N–H and O–H groups in total. The summed E-state index contributed by atoms with van der Waals surface area (Å²) in [6, 6.07) is 5.76. The van der Waals surface area contributed by atoms with Crippen LogP contribution in [0.4, 0.5) is 0 Å². The molecule has 2 unspecified atom stereocenters. The Kier molecular flexibility index (Phi) is 4.76. The second kappa shape index (κ2) is 6.75. The molecule has 0 aliphatic carbocycles. The van der Waals surface area contributed by atoms with E-state index >= 15 is 0 Å². The molecule has 0 radical (unpaired) electrons. The quantitative estimate of drug-likeness (QED) is 0.812. The lowest BCUT2D eigenvalue weighted by Crippen LogP contribution is -2.47. The monoisotopic (exact) mass is 289 g/mol. The molecule has 3 rings (SSSR count). The van der Waals surface area contributed by atoms with Crippen LogP contribution >= 0.6 is 0 Å². The van der Waals surface area contributed by atoms with Gasteiger partial charge in [-0.1, -0.05) is 18.9 Å². The van der Waals surface area contributed by atoms with Gasteiger partial charge in [0.1, 0.15) is 0 Å². The molecule has 1 aromatic rings. The van der Waals surface area contributed by atoms with Gasteiger partial charge in [0.05, 0.1) is 0 Å². The van der Waals surface area contributed by atoms with Gasteiger partial charge in [-0.05, 0) is 44.3 Å². The molecule has 0 spiro atoms. The summed E-state index contributed by atoms with van der Waals surface area (Å²) in [4.78, 5) is 14.6. The molecule has 2 aliphatic heterocycles. The van der Waals surface area contributed by atoms with Crippen molar-refractivity contribution < 1.29 is 0 Å². The fourth-order valence-electron chi connectivity index (χ4n) is 4.01. The summed E-state index contributed by atoms with van der Waals surface area (Å²) in [5, 5.41) is 0. The first-order valence-corrected chi connectivity index (χ1v) is 8.40. The molecule has 2 atom stereocenters. The molecule has 4 nitrogen and oxygen atoms in total. The number of hydrogen-bond acceptors (Lipinski definition) is 3. The van der Waals surface area contributed by atoms with E-state index in [4.69, 9.17) is 5.73 Å². The zero-order valence-electron chi connectivity index (χ0n) is 12.8. The van der Waals surface area contributed by atoms with E-state index in [0.717, 1.165) is 32.6 Å². The van der Waals surface area contributed by atoms with Gasteiger partial charge in [-0.2, -0.15) is 0 Å². The number of nitrogens with two attached hydrogens (primary N) is 1. The van der Waals surface area contributed by atoms with Crippen molar-refractivity contribution in [2.45, 2.75) is 44.6 Å². The van der Waals surface area contributed by atoms with Gasteiger partial charge in [-0.15, -0.1) is 0 Å². The van der Waals surface area contributed by atoms with Gasteiger partial charge in [-0.3, -0.25) is 4.79 Å². The minimum Gasteiger partial charge on any atom is -0.330 e. The molecule has 21 heavy (non-hydrogen) atoms. The maximum Gasteiger partial charge on any atom is 0.250 e. The predicted octanol–water partition coefficient (Wildman–Crippen LogP) is 1.79. The zero-order valence-corrected chi connectivity index (χ0v) is 12.8. The Morgan fingerprint density at radius 2 is 1.95 bits per heavy atom. The van der Waals surface area contributed by atoms with Crippen molar-refractivity contribution in [2.75, 3.05) is 26.2 Å². The minimum atomic E-state index is 0.178. The topological polar surface area (TPSA) is 51.3 Å². The molecular formula is C17H27N3O. The molecule has 2 bridgehead atoms. The van der Waals surface area contributed by atoms with Crippen molar-refractivity contribution >= 4 is 0 Å². The van der Waals surface area contributed by atoms with E-state index in [1.807, 2.05) is 10.6 Å². The van der Waals surface area contributed by atoms with Gasteiger partial charge in [-0.25, -0.2) is 0 Å². The van der Waals surface area contributed by atoms with Gasteiger partial charge in [0, 0.05) is 37.3 Å². The summed E-state index contributed by atoms with van der Waals surface area (Å²) in [6.45, 7) is 5.22. The van der Waals surface area contributed by atoms with Crippen molar-refractivity contribution in [1.82, 2.24) is 9.47 Å². The molecule has 0 amide bonds. The second-order valence-electron chi connectivity index (χ2n) is 6.66. The van der Waals surface area contributed by atoms with E-state index in [9.17, 15) is 4.79 Å². The van der Waals surface area contributed by atoms with Gasteiger partial charge < -0.3 is 15.2 Å². The summed E-state index contributed by atoms with van der Waals surface area (Å²) in [7, 11) is 0. The van der Waals surface area contributed by atoms with Crippen LogP contribution in [0.5, 0.6) is 0 Å². The van der Waals surface area contributed by atoms with Crippen molar-refractivity contribution in [3.05, 3.63) is 34.2 Å². The SMILES string of the molecule is NCCCCCCN1CC2CC(C1)c1cccc(=O)n1C2. The van der Waals surface area contributed by atoms with Crippen LogP contribution in [0.15, 0.2) is 23.0 Å².